The van der Waals surface area contributed by atoms with Gasteiger partial charge in [-0.2, -0.15) is 0 Å². The average molecular weight is 328 g/mol. The number of esters is 1. The maximum absolute atomic E-state index is 11.4. The van der Waals surface area contributed by atoms with Crippen molar-refractivity contribution in [2.45, 2.75) is 17.8 Å². The van der Waals surface area contributed by atoms with Crippen LogP contribution in [0.15, 0.2) is 48.3 Å². The molecule has 7 heteroatoms. The zero-order valence-electron chi connectivity index (χ0n) is 12.8. The van der Waals surface area contributed by atoms with E-state index in [4.69, 9.17) is 0 Å². The highest BCUT2D eigenvalue weighted by Gasteiger charge is 2.10. The highest BCUT2D eigenvalue weighted by Crippen LogP contribution is 2.23. The second-order valence-electron chi connectivity index (χ2n) is 4.96. The van der Waals surface area contributed by atoms with Crippen LogP contribution in [0.5, 0.6) is 0 Å². The van der Waals surface area contributed by atoms with Crippen molar-refractivity contribution in [3.63, 3.8) is 0 Å². The van der Waals surface area contributed by atoms with Crippen LogP contribution in [-0.4, -0.2) is 32.6 Å². The molecule has 2 aromatic heterocycles. The highest BCUT2D eigenvalue weighted by atomic mass is 32.2. The number of aromatic amines is 1. The number of aromatic nitrogens is 4. The van der Waals surface area contributed by atoms with Crippen LogP contribution in [0.1, 0.15) is 21.6 Å². The molecule has 0 saturated carbocycles. The number of methoxy groups -OCH3 is 1. The van der Waals surface area contributed by atoms with E-state index >= 15 is 0 Å². The molecule has 23 heavy (non-hydrogen) atoms. The molecule has 6 nitrogen and oxygen atoms in total. The van der Waals surface area contributed by atoms with Gasteiger partial charge < -0.3 is 14.3 Å². The molecule has 1 N–H and O–H groups in total. The molecule has 0 unspecified atom stereocenters. The van der Waals surface area contributed by atoms with Gasteiger partial charge in [0.15, 0.2) is 5.16 Å². The van der Waals surface area contributed by atoms with Crippen molar-refractivity contribution in [3.8, 4) is 5.69 Å². The molecule has 3 aromatic rings. The topological polar surface area (TPSA) is 72.8 Å². The predicted molar refractivity (Wildman–Crippen MR) is 87.8 cm³/mol. The molecular weight excluding hydrogens is 312 g/mol. The van der Waals surface area contributed by atoms with Gasteiger partial charge in [0, 0.05) is 23.8 Å². The van der Waals surface area contributed by atoms with Gasteiger partial charge in [0.2, 0.25) is 0 Å². The number of carbonyl (C=O) groups excluding carboxylic acids is 1. The number of carbonyl (C=O) groups is 1. The number of thioether (sulfide) groups is 1. The van der Waals surface area contributed by atoms with Crippen molar-refractivity contribution in [1.29, 1.82) is 0 Å². The molecule has 0 spiro atoms. The number of ether oxygens (including phenoxy) is 1. The van der Waals surface area contributed by atoms with Crippen molar-refractivity contribution in [2.75, 3.05) is 7.11 Å². The number of hydrogen-bond donors (Lipinski definition) is 1. The van der Waals surface area contributed by atoms with Crippen LogP contribution in [0.25, 0.3) is 5.69 Å². The van der Waals surface area contributed by atoms with E-state index in [-0.39, 0.29) is 0 Å². The number of H-pyrrole nitrogens is 1. The van der Waals surface area contributed by atoms with Gasteiger partial charge >= 0.3 is 5.97 Å². The van der Waals surface area contributed by atoms with Crippen molar-refractivity contribution in [1.82, 2.24) is 19.5 Å². The Morgan fingerprint density at radius 2 is 2.30 bits per heavy atom. The Morgan fingerprint density at radius 3 is 3.00 bits per heavy atom. The second-order valence-corrected chi connectivity index (χ2v) is 5.93. The molecule has 0 fully saturated rings. The minimum absolute atomic E-state index is 0.363. The molecule has 118 valence electrons. The van der Waals surface area contributed by atoms with Crippen LogP contribution < -0.4 is 0 Å². The lowest BCUT2D eigenvalue weighted by Gasteiger charge is -2.08. The predicted octanol–water partition coefficient (Wildman–Crippen LogP) is 2.98. The second kappa shape index (κ2) is 6.70. The average Bonchev–Trinajstić information content (AvgIpc) is 3.24. The summed E-state index contributed by atoms with van der Waals surface area (Å²) >= 11 is 1.55. The molecule has 1 aromatic carbocycles. The fraction of sp³-hybridized carbons (Fsp3) is 0.188. The summed E-state index contributed by atoms with van der Waals surface area (Å²) in [7, 11) is 1.35. The first kappa shape index (κ1) is 15.4. The fourth-order valence-electron chi connectivity index (χ4n) is 2.15. The minimum atomic E-state index is -0.412. The van der Waals surface area contributed by atoms with Crippen LogP contribution in [0.4, 0.5) is 0 Å². The van der Waals surface area contributed by atoms with Crippen molar-refractivity contribution >= 4 is 17.7 Å². The normalized spacial score (nSPS) is 10.7. The first-order valence-corrected chi connectivity index (χ1v) is 8.00. The third-order valence-electron chi connectivity index (χ3n) is 3.45. The maximum Gasteiger partial charge on any atom is 0.356 e. The Kier molecular flexibility index (Phi) is 4.47. The zero-order valence-corrected chi connectivity index (χ0v) is 13.6. The number of hydrogen-bond acceptors (Lipinski definition) is 5. The molecule has 0 bridgehead atoms. The van der Waals surface area contributed by atoms with Gasteiger partial charge in [-0.1, -0.05) is 17.8 Å². The summed E-state index contributed by atoms with van der Waals surface area (Å²) in [5, 5.41) is 0.698. The first-order chi connectivity index (χ1) is 11.2. The number of aryl methyl sites for hydroxylation is 1. The molecule has 0 saturated heterocycles. The maximum atomic E-state index is 11.4. The van der Waals surface area contributed by atoms with E-state index in [0.717, 1.165) is 11.4 Å². The van der Waals surface area contributed by atoms with Crippen LogP contribution in [0.2, 0.25) is 0 Å². The molecular formula is C16H16N4O2S. The zero-order chi connectivity index (χ0) is 16.2. The Bertz CT molecular complexity index is 811. The smallest absolute Gasteiger partial charge is 0.356 e. The summed E-state index contributed by atoms with van der Waals surface area (Å²) in [6, 6.07) is 6.29. The van der Waals surface area contributed by atoms with Crippen molar-refractivity contribution in [3.05, 3.63) is 59.9 Å². The van der Waals surface area contributed by atoms with E-state index < -0.39 is 5.97 Å². The molecule has 0 atom stereocenters. The molecule has 0 aliphatic rings. The quantitative estimate of drug-likeness (QED) is 0.576. The monoisotopic (exact) mass is 328 g/mol. The Morgan fingerprint density at radius 1 is 1.43 bits per heavy atom. The molecule has 0 amide bonds. The molecule has 2 heterocycles. The van der Waals surface area contributed by atoms with E-state index in [9.17, 15) is 4.79 Å². The third-order valence-corrected chi connectivity index (χ3v) is 4.39. The molecule has 0 aliphatic heterocycles. The van der Waals surface area contributed by atoms with Crippen LogP contribution in [-0.2, 0) is 10.5 Å². The summed E-state index contributed by atoms with van der Waals surface area (Å²) in [5.41, 5.74) is 3.86. The minimum Gasteiger partial charge on any atom is -0.464 e. The standard InChI is InChI=1S/C16H16N4O2S/c1-11-7-13(20-6-5-17-10-20)4-3-12(11)9-23-16-18-8-14(19-16)15(21)22-2/h3-8,10H,9H2,1-2H3,(H,18,19). The van der Waals surface area contributed by atoms with Gasteiger partial charge in [-0.25, -0.2) is 14.8 Å². The van der Waals surface area contributed by atoms with Gasteiger partial charge in [-0.05, 0) is 30.2 Å². The van der Waals surface area contributed by atoms with E-state index in [0.29, 0.717) is 10.9 Å². The van der Waals surface area contributed by atoms with Gasteiger partial charge in [0.25, 0.3) is 0 Å². The van der Waals surface area contributed by atoms with Gasteiger partial charge in [0.05, 0.1) is 19.6 Å². The lowest BCUT2D eigenvalue weighted by Crippen LogP contribution is -2.00. The molecule has 3 rings (SSSR count). The number of rotatable bonds is 5. The number of benzene rings is 1. The number of nitrogens with zero attached hydrogens (tertiary/aromatic N) is 3. The highest BCUT2D eigenvalue weighted by molar-refractivity contribution is 7.98. The first-order valence-electron chi connectivity index (χ1n) is 7.01. The summed E-state index contributed by atoms with van der Waals surface area (Å²) in [6.07, 6.45) is 6.94. The fourth-order valence-corrected chi connectivity index (χ4v) is 3.08. The van der Waals surface area contributed by atoms with Gasteiger partial charge in [-0.3, -0.25) is 0 Å². The summed E-state index contributed by atoms with van der Waals surface area (Å²) in [4.78, 5) is 22.6. The number of imidazole rings is 2. The summed E-state index contributed by atoms with van der Waals surface area (Å²) in [6.45, 7) is 2.08. The van der Waals surface area contributed by atoms with E-state index in [2.05, 4.69) is 44.8 Å². The van der Waals surface area contributed by atoms with Crippen molar-refractivity contribution in [2.24, 2.45) is 0 Å². The van der Waals surface area contributed by atoms with E-state index in [1.165, 1.54) is 24.4 Å². The van der Waals surface area contributed by atoms with Gasteiger partial charge in [-0.15, -0.1) is 0 Å². The SMILES string of the molecule is COC(=O)c1cnc(SCc2ccc(-n3ccnc3)cc2C)[nH]1. The van der Waals surface area contributed by atoms with E-state index in [1.807, 2.05) is 10.8 Å². The Labute approximate surface area is 137 Å². The lowest BCUT2D eigenvalue weighted by atomic mass is 10.1. The Hall–Kier alpha value is -2.54. The lowest BCUT2D eigenvalue weighted by molar-refractivity contribution is 0.0594. The summed E-state index contributed by atoms with van der Waals surface area (Å²) in [5.74, 6) is 0.356. The van der Waals surface area contributed by atoms with Crippen LogP contribution in [0.3, 0.4) is 0 Å². The largest absolute Gasteiger partial charge is 0.464 e. The van der Waals surface area contributed by atoms with Gasteiger partial charge in [0.1, 0.15) is 5.69 Å². The molecule has 0 aliphatic carbocycles. The van der Waals surface area contributed by atoms with Crippen LogP contribution >= 0.6 is 11.8 Å². The van der Waals surface area contributed by atoms with Crippen molar-refractivity contribution < 1.29 is 9.53 Å². The number of nitrogens with one attached hydrogen (secondary N) is 1. The van der Waals surface area contributed by atoms with Crippen LogP contribution in [0, 0.1) is 6.92 Å². The Balaban J connectivity index is 1.69. The third kappa shape index (κ3) is 3.45. The molecule has 0 radical (unpaired) electrons. The van der Waals surface area contributed by atoms with E-state index in [1.54, 1.807) is 24.3 Å². The summed E-state index contributed by atoms with van der Waals surface area (Å²) < 4.78 is 6.62.